The van der Waals surface area contributed by atoms with Gasteiger partial charge >= 0.3 is 0 Å². The zero-order valence-electron chi connectivity index (χ0n) is 14.7. The molecule has 2 saturated heterocycles. The first-order valence-corrected chi connectivity index (χ1v) is 9.05. The molecule has 2 aliphatic heterocycles. The number of morpholine rings is 1. The number of nitrogens with zero attached hydrogens (tertiary/aromatic N) is 4. The molecule has 2 aromatic rings. The van der Waals surface area contributed by atoms with Gasteiger partial charge in [0.25, 0.3) is 5.91 Å². The second-order valence-corrected chi connectivity index (χ2v) is 6.69. The topological polar surface area (TPSA) is 84.6 Å². The summed E-state index contributed by atoms with van der Waals surface area (Å²) in [5.74, 6) is 1.35. The van der Waals surface area contributed by atoms with Gasteiger partial charge in [-0.25, -0.2) is 9.97 Å². The van der Waals surface area contributed by atoms with Crippen molar-refractivity contribution in [2.75, 3.05) is 43.4 Å². The van der Waals surface area contributed by atoms with Gasteiger partial charge in [-0.1, -0.05) is 6.07 Å². The van der Waals surface area contributed by atoms with E-state index in [0.717, 1.165) is 24.6 Å². The molecule has 2 aromatic heterocycles. The third kappa shape index (κ3) is 3.48. The fourth-order valence-electron chi connectivity index (χ4n) is 3.51. The predicted molar refractivity (Wildman–Crippen MR) is 98.9 cm³/mol. The molecule has 0 radical (unpaired) electrons. The second kappa shape index (κ2) is 7.29. The summed E-state index contributed by atoms with van der Waals surface area (Å²) in [6.45, 7) is 3.53. The fraction of sp³-hybridized carbons (Fsp3) is 0.421. The van der Waals surface area contributed by atoms with Crippen molar-refractivity contribution in [2.45, 2.75) is 18.9 Å². The van der Waals surface area contributed by atoms with Crippen LogP contribution in [0.2, 0.25) is 0 Å². The van der Waals surface area contributed by atoms with Gasteiger partial charge < -0.3 is 20.3 Å². The van der Waals surface area contributed by atoms with Crippen LogP contribution in [-0.4, -0.2) is 53.6 Å². The summed E-state index contributed by atoms with van der Waals surface area (Å²) in [4.78, 5) is 25.8. The van der Waals surface area contributed by atoms with Gasteiger partial charge in [-0.3, -0.25) is 4.79 Å². The lowest BCUT2D eigenvalue weighted by atomic mass is 10.1. The van der Waals surface area contributed by atoms with Crippen molar-refractivity contribution in [1.29, 1.82) is 0 Å². The number of nitrogens with two attached hydrogens (primary N) is 1. The number of anilines is 2. The van der Waals surface area contributed by atoms with Crippen LogP contribution in [0.3, 0.4) is 0 Å². The van der Waals surface area contributed by atoms with Crippen LogP contribution >= 0.6 is 0 Å². The molecule has 2 aliphatic rings. The monoisotopic (exact) mass is 353 g/mol. The van der Waals surface area contributed by atoms with E-state index in [1.54, 1.807) is 18.3 Å². The van der Waals surface area contributed by atoms with Crippen LogP contribution < -0.4 is 10.6 Å². The van der Waals surface area contributed by atoms with Gasteiger partial charge in [-0.2, -0.15) is 0 Å². The zero-order chi connectivity index (χ0) is 17.9. The van der Waals surface area contributed by atoms with Crippen LogP contribution in [0.1, 0.15) is 35.0 Å². The summed E-state index contributed by atoms with van der Waals surface area (Å²) < 4.78 is 5.81. The summed E-state index contributed by atoms with van der Waals surface area (Å²) in [5.41, 5.74) is 7.20. The summed E-state index contributed by atoms with van der Waals surface area (Å²) in [7, 11) is 0. The van der Waals surface area contributed by atoms with Gasteiger partial charge in [0.15, 0.2) is 0 Å². The smallest absolute Gasteiger partial charge is 0.254 e. The number of hydrogen-bond acceptors (Lipinski definition) is 6. The van der Waals surface area contributed by atoms with Crippen molar-refractivity contribution >= 4 is 17.5 Å². The Morgan fingerprint density at radius 1 is 1.19 bits per heavy atom. The number of rotatable bonds is 3. The van der Waals surface area contributed by atoms with Crippen molar-refractivity contribution in [3.63, 3.8) is 0 Å². The summed E-state index contributed by atoms with van der Waals surface area (Å²) in [5, 5.41) is 0. The maximum atomic E-state index is 13.0. The predicted octanol–water partition coefficient (Wildman–Crippen LogP) is 1.87. The lowest BCUT2D eigenvalue weighted by Crippen LogP contribution is -2.42. The van der Waals surface area contributed by atoms with E-state index in [0.29, 0.717) is 31.1 Å². The minimum absolute atomic E-state index is 0.00468. The number of nitrogen functional groups attached to an aromatic ring is 1. The molecular formula is C19H23N5O2. The highest BCUT2D eigenvalue weighted by molar-refractivity contribution is 5.95. The van der Waals surface area contributed by atoms with Crippen LogP contribution in [-0.2, 0) is 4.74 Å². The molecule has 0 bridgehead atoms. The Morgan fingerprint density at radius 3 is 2.85 bits per heavy atom. The maximum Gasteiger partial charge on any atom is 0.254 e. The standard InChI is InChI=1S/C19H23N5O2/c20-17-5-3-4-15(22-17)16-13-24(10-11-26-16)19(25)14-6-7-21-18(12-14)23-8-1-2-9-23/h3-7,12,16H,1-2,8-11,13H2,(H2,20,22)/t16-/m1/s1. The molecule has 7 heteroatoms. The molecule has 0 aliphatic carbocycles. The van der Waals surface area contributed by atoms with Gasteiger partial charge in [0.1, 0.15) is 17.7 Å². The van der Waals surface area contributed by atoms with Gasteiger partial charge in [0.05, 0.1) is 18.8 Å². The van der Waals surface area contributed by atoms with E-state index >= 15 is 0 Å². The van der Waals surface area contributed by atoms with Crippen LogP contribution in [0, 0.1) is 0 Å². The van der Waals surface area contributed by atoms with E-state index in [1.165, 1.54) is 12.8 Å². The lowest BCUT2D eigenvalue weighted by Gasteiger charge is -2.33. The highest BCUT2D eigenvalue weighted by Gasteiger charge is 2.27. The largest absolute Gasteiger partial charge is 0.384 e. The lowest BCUT2D eigenvalue weighted by molar-refractivity contribution is -0.0246. The number of amides is 1. The average Bonchev–Trinajstić information content (AvgIpc) is 3.22. The Hall–Kier alpha value is -2.67. The van der Waals surface area contributed by atoms with E-state index in [9.17, 15) is 4.79 Å². The number of aromatic nitrogens is 2. The average molecular weight is 353 g/mol. The molecule has 4 heterocycles. The maximum absolute atomic E-state index is 13.0. The highest BCUT2D eigenvalue weighted by Crippen LogP contribution is 2.24. The van der Waals surface area contributed by atoms with E-state index in [1.807, 2.05) is 23.1 Å². The van der Waals surface area contributed by atoms with Crippen molar-refractivity contribution in [3.05, 3.63) is 47.8 Å². The molecule has 2 fully saturated rings. The van der Waals surface area contributed by atoms with E-state index in [-0.39, 0.29) is 12.0 Å². The van der Waals surface area contributed by atoms with E-state index in [2.05, 4.69) is 14.9 Å². The number of ether oxygens (including phenoxy) is 1. The van der Waals surface area contributed by atoms with Crippen LogP contribution in [0.4, 0.5) is 11.6 Å². The Balaban J connectivity index is 1.50. The molecule has 2 N–H and O–H groups in total. The molecule has 0 saturated carbocycles. The summed E-state index contributed by atoms with van der Waals surface area (Å²) >= 11 is 0. The van der Waals surface area contributed by atoms with Crippen LogP contribution in [0.5, 0.6) is 0 Å². The first-order chi connectivity index (χ1) is 12.7. The van der Waals surface area contributed by atoms with E-state index < -0.39 is 0 Å². The van der Waals surface area contributed by atoms with Gasteiger partial charge in [-0.05, 0) is 37.1 Å². The van der Waals surface area contributed by atoms with Crippen LogP contribution in [0.15, 0.2) is 36.5 Å². The van der Waals surface area contributed by atoms with Crippen molar-refractivity contribution in [3.8, 4) is 0 Å². The molecule has 7 nitrogen and oxygen atoms in total. The molecule has 26 heavy (non-hydrogen) atoms. The third-order valence-electron chi connectivity index (χ3n) is 4.90. The third-order valence-corrected chi connectivity index (χ3v) is 4.90. The molecular weight excluding hydrogens is 330 g/mol. The molecule has 4 rings (SSSR count). The molecule has 136 valence electrons. The summed E-state index contributed by atoms with van der Waals surface area (Å²) in [6.07, 6.45) is 3.82. The normalized spacial score (nSPS) is 20.4. The second-order valence-electron chi connectivity index (χ2n) is 6.69. The fourth-order valence-corrected chi connectivity index (χ4v) is 3.51. The summed E-state index contributed by atoms with van der Waals surface area (Å²) in [6, 6.07) is 9.16. The zero-order valence-corrected chi connectivity index (χ0v) is 14.7. The van der Waals surface area contributed by atoms with Gasteiger partial charge in [0.2, 0.25) is 0 Å². The minimum Gasteiger partial charge on any atom is -0.384 e. The molecule has 0 unspecified atom stereocenters. The Labute approximate surface area is 152 Å². The molecule has 0 spiro atoms. The minimum atomic E-state index is -0.254. The van der Waals surface area contributed by atoms with Crippen molar-refractivity contribution in [1.82, 2.24) is 14.9 Å². The van der Waals surface area contributed by atoms with Gasteiger partial charge in [-0.15, -0.1) is 0 Å². The first-order valence-electron chi connectivity index (χ1n) is 9.05. The quantitative estimate of drug-likeness (QED) is 0.907. The molecule has 1 amide bonds. The van der Waals surface area contributed by atoms with Gasteiger partial charge in [0, 0.05) is 31.4 Å². The number of hydrogen-bond donors (Lipinski definition) is 1. The Morgan fingerprint density at radius 2 is 2.04 bits per heavy atom. The Kier molecular flexibility index (Phi) is 4.71. The number of carbonyl (C=O) groups is 1. The van der Waals surface area contributed by atoms with E-state index in [4.69, 9.17) is 10.5 Å². The Bertz CT molecular complexity index is 791. The first kappa shape index (κ1) is 16.8. The number of pyridine rings is 2. The molecule has 1 atom stereocenters. The van der Waals surface area contributed by atoms with Crippen molar-refractivity contribution < 1.29 is 9.53 Å². The van der Waals surface area contributed by atoms with Crippen LogP contribution in [0.25, 0.3) is 0 Å². The highest BCUT2D eigenvalue weighted by atomic mass is 16.5. The van der Waals surface area contributed by atoms with Crippen molar-refractivity contribution in [2.24, 2.45) is 0 Å². The number of carbonyl (C=O) groups excluding carboxylic acids is 1. The SMILES string of the molecule is Nc1cccc([C@H]2CN(C(=O)c3ccnc(N4CCCC4)c3)CCO2)n1. The molecule has 0 aromatic carbocycles.